The maximum atomic E-state index is 5.73. The van der Waals surface area contributed by atoms with E-state index in [1.54, 1.807) is 0 Å². The van der Waals surface area contributed by atoms with Gasteiger partial charge in [0.15, 0.2) is 0 Å². The minimum absolute atomic E-state index is 0.291. The summed E-state index contributed by atoms with van der Waals surface area (Å²) >= 11 is 2.63. The van der Waals surface area contributed by atoms with E-state index < -0.39 is 0 Å². The van der Waals surface area contributed by atoms with Crippen molar-refractivity contribution in [2.75, 3.05) is 24.9 Å². The van der Waals surface area contributed by atoms with Crippen LogP contribution in [0.25, 0.3) is 0 Å². The van der Waals surface area contributed by atoms with E-state index in [-0.39, 0.29) is 7.20 Å². The van der Waals surface area contributed by atoms with Gasteiger partial charge in [-0.1, -0.05) is 12.8 Å². The van der Waals surface area contributed by atoms with E-state index in [1.165, 1.54) is 50.7 Å². The second-order valence-corrected chi connectivity index (χ2v) is 15.3. The van der Waals surface area contributed by atoms with Crippen LogP contribution in [-0.2, 0) is 4.74 Å². The number of rotatable bonds is 6. The van der Waals surface area contributed by atoms with Crippen LogP contribution in [0.2, 0.25) is 0 Å². The number of ether oxygens (including phenoxy) is 1. The summed E-state index contributed by atoms with van der Waals surface area (Å²) in [5.41, 5.74) is 0. The molecule has 0 aliphatic carbocycles. The fourth-order valence-corrected chi connectivity index (χ4v) is 3.85. The molecule has 15 heavy (non-hydrogen) atoms. The molecule has 92 valence electrons. The zero-order valence-electron chi connectivity index (χ0n) is 10.1. The molecule has 0 aromatic carbocycles. The van der Waals surface area contributed by atoms with Gasteiger partial charge in [0, 0.05) is 6.61 Å². The molecule has 0 aromatic heterocycles. The molecule has 0 aromatic rings. The van der Waals surface area contributed by atoms with Gasteiger partial charge in [0.2, 0.25) is 0 Å². The highest BCUT2D eigenvalue weighted by Crippen LogP contribution is 2.49. The Labute approximate surface area is 109 Å². The fourth-order valence-electron chi connectivity index (χ4n) is 2.03. The van der Waals surface area contributed by atoms with Crippen molar-refractivity contribution < 1.29 is 4.74 Å². The Kier molecular flexibility index (Phi) is 6.94. The van der Waals surface area contributed by atoms with E-state index in [4.69, 9.17) is 4.74 Å². The van der Waals surface area contributed by atoms with Gasteiger partial charge in [-0.25, -0.2) is 0 Å². The van der Waals surface area contributed by atoms with Crippen molar-refractivity contribution in [1.29, 1.82) is 0 Å². The summed E-state index contributed by atoms with van der Waals surface area (Å²) in [6, 6.07) is 0. The first kappa shape index (κ1) is 14.1. The number of hydrogen-bond donors (Lipinski definition) is 0. The van der Waals surface area contributed by atoms with E-state index in [1.807, 2.05) is 0 Å². The van der Waals surface area contributed by atoms with Gasteiger partial charge in [-0.05, 0) is 71.6 Å². The molecule has 0 radical (unpaired) electrons. The maximum absolute atomic E-state index is 5.73. The Morgan fingerprint density at radius 1 is 1.20 bits per heavy atom. The maximum Gasteiger partial charge on any atom is 0.0575 e. The second-order valence-electron chi connectivity index (χ2n) is 4.95. The van der Waals surface area contributed by atoms with E-state index in [9.17, 15) is 0 Å². The molecule has 1 nitrogen and oxygen atoms in total. The molecule has 1 aliphatic heterocycles. The number of unbranched alkanes of at least 4 members (excludes halogenated alkanes) is 2. The van der Waals surface area contributed by atoms with Crippen LogP contribution in [0.4, 0.5) is 0 Å². The summed E-state index contributed by atoms with van der Waals surface area (Å²) in [6.45, 7) is 1.01. The highest BCUT2D eigenvalue weighted by molar-refractivity contribution is 14.2. The monoisotopic (exact) mass is 344 g/mol. The van der Waals surface area contributed by atoms with Gasteiger partial charge in [0.1, 0.15) is 0 Å². The molecule has 1 saturated heterocycles. The molecule has 1 heterocycles. The second kappa shape index (κ2) is 7.38. The average molecular weight is 344 g/mol. The lowest BCUT2D eigenvalue weighted by molar-refractivity contribution is 0.00985. The predicted molar refractivity (Wildman–Crippen MR) is 80.4 cm³/mol. The van der Waals surface area contributed by atoms with Gasteiger partial charge in [-0.15, -0.1) is 0 Å². The van der Waals surface area contributed by atoms with Gasteiger partial charge >= 0.3 is 0 Å². The minimum atomic E-state index is -0.291. The van der Waals surface area contributed by atoms with E-state index >= 15 is 0 Å². The highest BCUT2D eigenvalue weighted by Gasteiger charge is 2.13. The lowest BCUT2D eigenvalue weighted by atomic mass is 10.0. The molecule has 0 N–H and O–H groups in total. The summed E-state index contributed by atoms with van der Waals surface area (Å²) in [5, 5.41) is 0. The average Bonchev–Trinajstić information content (AvgIpc) is 2.17. The van der Waals surface area contributed by atoms with Gasteiger partial charge in [-0.2, -0.15) is 7.20 Å². The lowest BCUT2D eigenvalue weighted by Crippen LogP contribution is -2.18. The standard InChI is InChI=1S/C12H25IOS/c1-15(2,13)11-7-3-4-8-12-9-5-6-10-14-12/h12H,3-11H2,1-2H3. The first-order valence-electron chi connectivity index (χ1n) is 6.10. The number of halogens is 1. The van der Waals surface area contributed by atoms with Gasteiger partial charge < -0.3 is 4.74 Å². The zero-order valence-corrected chi connectivity index (χ0v) is 13.1. The predicted octanol–water partition coefficient (Wildman–Crippen LogP) is 4.53. The summed E-state index contributed by atoms with van der Waals surface area (Å²) in [6.07, 6.45) is 14.9. The van der Waals surface area contributed by atoms with E-state index in [2.05, 4.69) is 33.7 Å². The van der Waals surface area contributed by atoms with Crippen molar-refractivity contribution in [3.63, 3.8) is 0 Å². The summed E-state index contributed by atoms with van der Waals surface area (Å²) < 4.78 is 5.73. The van der Waals surface area contributed by atoms with E-state index in [0.29, 0.717) is 6.10 Å². The molecule has 1 rings (SSSR count). The number of hydrogen-bond acceptors (Lipinski definition) is 1. The Bertz CT molecular complexity index is 161. The Hall–Kier alpha value is 1.04. The van der Waals surface area contributed by atoms with Crippen LogP contribution in [0, 0.1) is 0 Å². The molecule has 0 spiro atoms. The molecule has 1 unspecified atom stereocenters. The Morgan fingerprint density at radius 2 is 2.00 bits per heavy atom. The van der Waals surface area contributed by atoms with Crippen LogP contribution in [-0.4, -0.2) is 31.0 Å². The van der Waals surface area contributed by atoms with Gasteiger partial charge in [0.25, 0.3) is 0 Å². The normalized spacial score (nSPS) is 24.1. The molecule has 1 aliphatic rings. The molecule has 1 atom stereocenters. The van der Waals surface area contributed by atoms with Gasteiger partial charge in [0.05, 0.1) is 6.10 Å². The van der Waals surface area contributed by atoms with Crippen LogP contribution in [0.15, 0.2) is 0 Å². The summed E-state index contributed by atoms with van der Waals surface area (Å²) in [7, 11) is -0.291. The van der Waals surface area contributed by atoms with Crippen LogP contribution in [0.1, 0.15) is 44.9 Å². The van der Waals surface area contributed by atoms with Crippen LogP contribution in [0.3, 0.4) is 0 Å². The van der Waals surface area contributed by atoms with Crippen molar-refractivity contribution in [2.24, 2.45) is 0 Å². The van der Waals surface area contributed by atoms with Crippen molar-refractivity contribution >= 4 is 28.4 Å². The smallest absolute Gasteiger partial charge is 0.0575 e. The molecule has 0 saturated carbocycles. The molecule has 0 bridgehead atoms. The third kappa shape index (κ3) is 7.86. The van der Waals surface area contributed by atoms with Crippen LogP contribution < -0.4 is 0 Å². The molecular formula is C12H25IOS. The summed E-state index contributed by atoms with van der Waals surface area (Å²) in [4.78, 5) is 0. The Balaban J connectivity index is 1.92. The topological polar surface area (TPSA) is 9.23 Å². The van der Waals surface area contributed by atoms with Crippen LogP contribution in [0.5, 0.6) is 0 Å². The molecular weight excluding hydrogens is 319 g/mol. The van der Waals surface area contributed by atoms with E-state index in [0.717, 1.165) is 6.61 Å². The SMILES string of the molecule is CS(C)(I)CCCCCC1CCCCO1. The molecule has 1 fully saturated rings. The van der Waals surface area contributed by atoms with Gasteiger partial charge in [-0.3, -0.25) is 0 Å². The third-order valence-electron chi connectivity index (χ3n) is 2.93. The zero-order chi connectivity index (χ0) is 11.1. The Morgan fingerprint density at radius 3 is 2.60 bits per heavy atom. The van der Waals surface area contributed by atoms with Crippen molar-refractivity contribution in [2.45, 2.75) is 51.0 Å². The minimum Gasteiger partial charge on any atom is -0.378 e. The fraction of sp³-hybridized carbons (Fsp3) is 1.00. The summed E-state index contributed by atoms with van der Waals surface area (Å²) in [5.74, 6) is 1.43. The van der Waals surface area contributed by atoms with Crippen molar-refractivity contribution in [3.8, 4) is 0 Å². The van der Waals surface area contributed by atoms with Crippen molar-refractivity contribution in [1.82, 2.24) is 0 Å². The molecule has 3 heteroatoms. The largest absolute Gasteiger partial charge is 0.378 e. The van der Waals surface area contributed by atoms with Crippen LogP contribution >= 0.6 is 28.4 Å². The lowest BCUT2D eigenvalue weighted by Gasteiger charge is -2.24. The first-order valence-corrected chi connectivity index (χ1v) is 11.3. The third-order valence-corrected chi connectivity index (χ3v) is 5.51. The first-order chi connectivity index (χ1) is 7.08. The highest BCUT2D eigenvalue weighted by atomic mass is 127. The molecule has 0 amide bonds. The van der Waals surface area contributed by atoms with Crippen molar-refractivity contribution in [3.05, 3.63) is 0 Å². The quantitative estimate of drug-likeness (QED) is 0.508.